The largest absolute Gasteiger partial charge is 0.465 e. The summed E-state index contributed by atoms with van der Waals surface area (Å²) in [6.45, 7) is 12.1. The molecule has 25 heavy (non-hydrogen) atoms. The summed E-state index contributed by atoms with van der Waals surface area (Å²) in [5, 5.41) is 0. The van der Waals surface area contributed by atoms with E-state index in [1.807, 2.05) is 0 Å². The Morgan fingerprint density at radius 2 is 1.64 bits per heavy atom. The molecule has 0 radical (unpaired) electrons. The molecule has 0 amide bonds. The Morgan fingerprint density at radius 3 is 2.20 bits per heavy atom. The quantitative estimate of drug-likeness (QED) is 0.492. The Hall–Kier alpha value is -1.02. The van der Waals surface area contributed by atoms with Gasteiger partial charge < -0.3 is 9.47 Å². The highest BCUT2D eigenvalue weighted by Gasteiger charge is 2.26. The molecular weight excluding hydrogens is 308 g/mol. The van der Waals surface area contributed by atoms with E-state index in [2.05, 4.69) is 58.9 Å². The summed E-state index contributed by atoms with van der Waals surface area (Å²) in [5.41, 5.74) is 1.77. The number of ether oxygens (including phenoxy) is 2. The average molecular weight is 347 g/mol. The van der Waals surface area contributed by atoms with Crippen LogP contribution < -0.4 is 4.74 Å². The van der Waals surface area contributed by atoms with Crippen molar-refractivity contribution in [2.24, 2.45) is 17.3 Å². The van der Waals surface area contributed by atoms with Crippen molar-refractivity contribution in [3.05, 3.63) is 29.8 Å². The van der Waals surface area contributed by atoms with Crippen LogP contribution in [0, 0.1) is 17.3 Å². The minimum absolute atomic E-state index is 0.0943. The van der Waals surface area contributed by atoms with Gasteiger partial charge in [-0.25, -0.2) is 0 Å². The minimum atomic E-state index is -0.0943. The van der Waals surface area contributed by atoms with Gasteiger partial charge in [0.05, 0.1) is 6.61 Å². The Kier molecular flexibility index (Phi) is 7.81. The van der Waals surface area contributed by atoms with Crippen LogP contribution in [0.1, 0.15) is 78.7 Å². The van der Waals surface area contributed by atoms with E-state index in [1.54, 1.807) is 0 Å². The molecule has 1 aliphatic rings. The molecule has 1 saturated carbocycles. The van der Waals surface area contributed by atoms with Gasteiger partial charge in [-0.1, -0.05) is 66.0 Å². The zero-order valence-electron chi connectivity index (χ0n) is 17.0. The molecule has 2 rings (SSSR count). The van der Waals surface area contributed by atoms with E-state index in [0.717, 1.165) is 18.8 Å². The minimum Gasteiger partial charge on any atom is -0.465 e. The van der Waals surface area contributed by atoms with Crippen LogP contribution in [-0.4, -0.2) is 12.9 Å². The van der Waals surface area contributed by atoms with Gasteiger partial charge in [0, 0.05) is 5.92 Å². The molecule has 0 saturated heterocycles. The predicted octanol–water partition coefficient (Wildman–Crippen LogP) is 6.62. The van der Waals surface area contributed by atoms with Gasteiger partial charge in [0.15, 0.2) is 0 Å². The van der Waals surface area contributed by atoms with Crippen LogP contribution in [0.3, 0.4) is 0 Å². The molecule has 0 heterocycles. The highest BCUT2D eigenvalue weighted by molar-refractivity contribution is 5.27. The molecule has 0 bridgehead atoms. The van der Waals surface area contributed by atoms with E-state index in [4.69, 9.17) is 9.47 Å². The smallest absolute Gasteiger partial charge is 0.202 e. The van der Waals surface area contributed by atoms with Crippen molar-refractivity contribution in [3.63, 3.8) is 0 Å². The number of hydrogen-bond donors (Lipinski definition) is 0. The summed E-state index contributed by atoms with van der Waals surface area (Å²) in [4.78, 5) is 0. The Balaban J connectivity index is 1.94. The topological polar surface area (TPSA) is 18.5 Å². The molecule has 1 aliphatic carbocycles. The number of benzene rings is 1. The van der Waals surface area contributed by atoms with Gasteiger partial charge in [-0.2, -0.15) is 0 Å². The molecule has 0 N–H and O–H groups in total. The summed E-state index contributed by atoms with van der Waals surface area (Å²) >= 11 is 0. The maximum atomic E-state index is 6.28. The molecule has 142 valence electrons. The Morgan fingerprint density at radius 1 is 1.00 bits per heavy atom. The van der Waals surface area contributed by atoms with Crippen molar-refractivity contribution >= 4 is 0 Å². The van der Waals surface area contributed by atoms with E-state index in [0.29, 0.717) is 17.3 Å². The molecule has 2 nitrogen and oxygen atoms in total. The molecule has 2 heteroatoms. The molecule has 0 aromatic heterocycles. The lowest BCUT2D eigenvalue weighted by molar-refractivity contribution is -0.129. The summed E-state index contributed by atoms with van der Waals surface area (Å²) in [7, 11) is 0. The summed E-state index contributed by atoms with van der Waals surface area (Å²) in [5.74, 6) is 2.02. The lowest BCUT2D eigenvalue weighted by Gasteiger charge is -2.31. The van der Waals surface area contributed by atoms with Crippen molar-refractivity contribution in [1.29, 1.82) is 0 Å². The molecule has 0 spiro atoms. The van der Waals surface area contributed by atoms with Gasteiger partial charge in [0.25, 0.3) is 0 Å². The highest BCUT2D eigenvalue weighted by atomic mass is 16.7. The third kappa shape index (κ3) is 7.81. The first kappa shape index (κ1) is 20.3. The van der Waals surface area contributed by atoms with Crippen molar-refractivity contribution in [2.75, 3.05) is 6.61 Å². The lowest BCUT2D eigenvalue weighted by atomic mass is 9.88. The summed E-state index contributed by atoms with van der Waals surface area (Å²) in [6, 6.07) is 8.65. The van der Waals surface area contributed by atoms with Gasteiger partial charge in [-0.05, 0) is 54.7 Å². The van der Waals surface area contributed by atoms with Crippen molar-refractivity contribution < 1.29 is 9.47 Å². The van der Waals surface area contributed by atoms with E-state index >= 15 is 0 Å². The maximum absolute atomic E-state index is 6.28. The maximum Gasteiger partial charge on any atom is 0.202 e. The fourth-order valence-electron chi connectivity index (χ4n) is 3.35. The van der Waals surface area contributed by atoms with Crippen LogP contribution in [0.4, 0.5) is 0 Å². The molecule has 0 aliphatic heterocycles. The zero-order valence-corrected chi connectivity index (χ0v) is 17.0. The monoisotopic (exact) mass is 346 g/mol. The fraction of sp³-hybridized carbons (Fsp3) is 0.739. The third-order valence-electron chi connectivity index (χ3n) is 4.97. The molecule has 1 fully saturated rings. The van der Waals surface area contributed by atoms with Crippen molar-refractivity contribution in [3.8, 4) is 5.75 Å². The van der Waals surface area contributed by atoms with Gasteiger partial charge >= 0.3 is 0 Å². The number of rotatable bonds is 8. The van der Waals surface area contributed by atoms with Gasteiger partial charge in [-0.15, -0.1) is 0 Å². The lowest BCUT2D eigenvalue weighted by Crippen LogP contribution is -2.32. The van der Waals surface area contributed by atoms with E-state index < -0.39 is 0 Å². The van der Waals surface area contributed by atoms with Crippen LogP contribution in [0.15, 0.2) is 24.3 Å². The van der Waals surface area contributed by atoms with Crippen molar-refractivity contribution in [1.82, 2.24) is 0 Å². The Bertz CT molecular complexity index is 478. The standard InChI is InChI=1S/C23H38O2/c1-18(2)17-24-22(20-9-7-6-8-10-20)25-21-13-11-19(12-14-21)15-16-23(3,4)5/h11-14,18,20,22H,6-10,15-17H2,1-5H3. The number of hydrogen-bond acceptors (Lipinski definition) is 2. The van der Waals surface area contributed by atoms with Crippen LogP contribution in [0.25, 0.3) is 0 Å². The summed E-state index contributed by atoms with van der Waals surface area (Å²) in [6.07, 6.45) is 8.66. The molecule has 1 aromatic carbocycles. The van der Waals surface area contributed by atoms with Crippen LogP contribution >= 0.6 is 0 Å². The van der Waals surface area contributed by atoms with Gasteiger partial charge in [0.2, 0.25) is 6.29 Å². The predicted molar refractivity (Wildman–Crippen MR) is 106 cm³/mol. The second kappa shape index (κ2) is 9.62. The van der Waals surface area contributed by atoms with Gasteiger partial charge in [0.1, 0.15) is 5.75 Å². The van der Waals surface area contributed by atoms with Crippen LogP contribution in [0.2, 0.25) is 0 Å². The average Bonchev–Trinajstić information content (AvgIpc) is 2.58. The zero-order chi connectivity index (χ0) is 18.3. The first-order valence-corrected chi connectivity index (χ1v) is 10.2. The third-order valence-corrected chi connectivity index (χ3v) is 4.97. The van der Waals surface area contributed by atoms with Crippen LogP contribution in [-0.2, 0) is 11.2 Å². The highest BCUT2D eigenvalue weighted by Crippen LogP contribution is 2.30. The first-order chi connectivity index (χ1) is 11.8. The molecule has 1 atom stereocenters. The molecule has 1 unspecified atom stereocenters. The van der Waals surface area contributed by atoms with E-state index in [-0.39, 0.29) is 6.29 Å². The fourth-order valence-corrected chi connectivity index (χ4v) is 3.35. The number of aryl methyl sites for hydroxylation is 1. The first-order valence-electron chi connectivity index (χ1n) is 10.2. The second-order valence-electron chi connectivity index (χ2n) is 9.32. The molecule has 1 aromatic rings. The second-order valence-corrected chi connectivity index (χ2v) is 9.32. The Labute approximate surface area is 155 Å². The summed E-state index contributed by atoms with van der Waals surface area (Å²) < 4.78 is 12.4. The van der Waals surface area contributed by atoms with Gasteiger partial charge in [-0.3, -0.25) is 0 Å². The van der Waals surface area contributed by atoms with E-state index in [9.17, 15) is 0 Å². The van der Waals surface area contributed by atoms with Crippen LogP contribution in [0.5, 0.6) is 5.75 Å². The SMILES string of the molecule is CC(C)COC(Oc1ccc(CCC(C)(C)C)cc1)C1CCCCC1. The molecular formula is C23H38O2. The van der Waals surface area contributed by atoms with Crippen molar-refractivity contribution in [2.45, 2.75) is 85.9 Å². The normalized spacial score (nSPS) is 17.7. The van der Waals surface area contributed by atoms with E-state index in [1.165, 1.54) is 44.1 Å².